The minimum atomic E-state index is -0.402. The molecular weight excluding hydrogens is 134 g/mol. The molecule has 0 saturated carbocycles. The number of ketones is 1. The van der Waals surface area contributed by atoms with Crippen LogP contribution in [0.3, 0.4) is 0 Å². The molecule has 1 saturated heterocycles. The summed E-state index contributed by atoms with van der Waals surface area (Å²) in [6, 6.07) is -0.293. The highest BCUT2D eigenvalue weighted by Gasteiger charge is 2.19. The average molecular weight is 145 g/mol. The zero-order valence-electron chi connectivity index (χ0n) is 5.67. The highest BCUT2D eigenvalue weighted by Crippen LogP contribution is 1.93. The Morgan fingerprint density at radius 1 is 1.80 bits per heavy atom. The normalized spacial score (nSPS) is 26.3. The summed E-state index contributed by atoms with van der Waals surface area (Å²) in [5.74, 6) is -0.195. The molecule has 0 aromatic heterocycles. The lowest BCUT2D eigenvalue weighted by Gasteiger charge is -2.21. The number of Topliss-reactive ketones (excluding diaryl/α,β-unsaturated/α-hetero) is 1. The molecule has 2 N–H and O–H groups in total. The van der Waals surface area contributed by atoms with Crippen LogP contribution in [0, 0.1) is 0 Å². The standard InChI is InChI=1S/C6H11NO3/c8-3-6(9)5-4-10-2-1-7-5/h5,7-8H,1-4H2. The van der Waals surface area contributed by atoms with Crippen LogP contribution < -0.4 is 5.32 Å². The summed E-state index contributed by atoms with van der Waals surface area (Å²) in [4.78, 5) is 10.8. The van der Waals surface area contributed by atoms with Crippen molar-refractivity contribution >= 4 is 5.78 Å². The smallest absolute Gasteiger partial charge is 0.177 e. The van der Waals surface area contributed by atoms with Crippen LogP contribution in [-0.2, 0) is 9.53 Å². The Kier molecular flexibility index (Phi) is 2.80. The number of rotatable bonds is 2. The van der Waals surface area contributed by atoms with Crippen LogP contribution in [0.25, 0.3) is 0 Å². The van der Waals surface area contributed by atoms with Crippen LogP contribution >= 0.6 is 0 Å². The van der Waals surface area contributed by atoms with Gasteiger partial charge in [-0.2, -0.15) is 0 Å². The molecule has 1 atom stereocenters. The van der Waals surface area contributed by atoms with E-state index < -0.39 is 6.61 Å². The number of morpholine rings is 1. The van der Waals surface area contributed by atoms with Gasteiger partial charge in [-0.25, -0.2) is 0 Å². The molecule has 4 nitrogen and oxygen atoms in total. The molecular formula is C6H11NO3. The second-order valence-electron chi connectivity index (χ2n) is 2.21. The summed E-state index contributed by atoms with van der Waals surface area (Å²) < 4.78 is 5.01. The minimum absolute atomic E-state index is 0.195. The van der Waals surface area contributed by atoms with Gasteiger partial charge < -0.3 is 15.2 Å². The SMILES string of the molecule is O=C(CO)C1COCCN1. The van der Waals surface area contributed by atoms with Crippen molar-refractivity contribution in [2.45, 2.75) is 6.04 Å². The van der Waals surface area contributed by atoms with Crippen LogP contribution in [0.1, 0.15) is 0 Å². The van der Waals surface area contributed by atoms with Crippen molar-refractivity contribution in [3.05, 3.63) is 0 Å². The first-order valence-corrected chi connectivity index (χ1v) is 3.29. The van der Waals surface area contributed by atoms with Gasteiger partial charge in [0.1, 0.15) is 6.61 Å². The van der Waals surface area contributed by atoms with Gasteiger partial charge in [0.05, 0.1) is 19.3 Å². The van der Waals surface area contributed by atoms with Crippen molar-refractivity contribution in [3.8, 4) is 0 Å². The van der Waals surface area contributed by atoms with Crippen molar-refractivity contribution < 1.29 is 14.6 Å². The predicted octanol–water partition coefficient (Wildman–Crippen LogP) is -1.46. The maximum atomic E-state index is 10.8. The van der Waals surface area contributed by atoms with Crippen LogP contribution in [0.5, 0.6) is 0 Å². The van der Waals surface area contributed by atoms with E-state index in [1.54, 1.807) is 0 Å². The van der Waals surface area contributed by atoms with E-state index >= 15 is 0 Å². The second kappa shape index (κ2) is 3.65. The van der Waals surface area contributed by atoms with Gasteiger partial charge in [0, 0.05) is 6.54 Å². The van der Waals surface area contributed by atoms with Crippen molar-refractivity contribution in [2.24, 2.45) is 0 Å². The Hall–Kier alpha value is -0.450. The fourth-order valence-electron chi connectivity index (χ4n) is 0.882. The number of carbonyl (C=O) groups excluding carboxylic acids is 1. The minimum Gasteiger partial charge on any atom is -0.389 e. The molecule has 0 aromatic carbocycles. The molecule has 0 amide bonds. The van der Waals surface area contributed by atoms with Crippen LogP contribution in [0.15, 0.2) is 0 Å². The number of nitrogens with one attached hydrogen (secondary N) is 1. The van der Waals surface area contributed by atoms with Gasteiger partial charge in [0.2, 0.25) is 0 Å². The molecule has 1 heterocycles. The fraction of sp³-hybridized carbons (Fsp3) is 0.833. The van der Waals surface area contributed by atoms with E-state index in [9.17, 15) is 4.79 Å². The Morgan fingerprint density at radius 3 is 3.10 bits per heavy atom. The topological polar surface area (TPSA) is 58.6 Å². The molecule has 1 aliphatic heterocycles. The van der Waals surface area contributed by atoms with Crippen LogP contribution in [-0.4, -0.2) is 43.3 Å². The lowest BCUT2D eigenvalue weighted by Crippen LogP contribution is -2.47. The van der Waals surface area contributed by atoms with Gasteiger partial charge in [-0.05, 0) is 0 Å². The number of ether oxygens (including phenoxy) is 1. The monoisotopic (exact) mass is 145 g/mol. The third-order valence-corrected chi connectivity index (χ3v) is 1.47. The second-order valence-corrected chi connectivity index (χ2v) is 2.21. The van der Waals surface area contributed by atoms with Gasteiger partial charge in [-0.3, -0.25) is 4.79 Å². The van der Waals surface area contributed by atoms with Crippen LogP contribution in [0.4, 0.5) is 0 Å². The third-order valence-electron chi connectivity index (χ3n) is 1.47. The first kappa shape index (κ1) is 7.65. The number of aliphatic hydroxyl groups excluding tert-OH is 1. The Morgan fingerprint density at radius 2 is 2.60 bits per heavy atom. The summed E-state index contributed by atoms with van der Waals surface area (Å²) >= 11 is 0. The van der Waals surface area contributed by atoms with Crippen molar-refractivity contribution in [1.29, 1.82) is 0 Å². The Balaban J connectivity index is 2.31. The van der Waals surface area contributed by atoms with E-state index in [4.69, 9.17) is 9.84 Å². The van der Waals surface area contributed by atoms with Gasteiger partial charge >= 0.3 is 0 Å². The van der Waals surface area contributed by atoms with Gasteiger partial charge in [-0.1, -0.05) is 0 Å². The summed E-state index contributed by atoms with van der Waals surface area (Å²) in [6.45, 7) is 1.33. The van der Waals surface area contributed by atoms with Crippen LogP contribution in [0.2, 0.25) is 0 Å². The summed E-state index contributed by atoms with van der Waals surface area (Å²) in [5, 5.41) is 11.4. The fourth-order valence-corrected chi connectivity index (χ4v) is 0.882. The molecule has 0 radical (unpaired) electrons. The maximum Gasteiger partial charge on any atom is 0.177 e. The zero-order chi connectivity index (χ0) is 7.40. The first-order chi connectivity index (χ1) is 4.84. The number of aliphatic hydroxyl groups is 1. The molecule has 0 bridgehead atoms. The van der Waals surface area contributed by atoms with Gasteiger partial charge in [0.25, 0.3) is 0 Å². The summed E-state index contributed by atoms with van der Waals surface area (Å²) in [5.41, 5.74) is 0. The van der Waals surface area contributed by atoms with Crippen molar-refractivity contribution in [3.63, 3.8) is 0 Å². The highest BCUT2D eigenvalue weighted by molar-refractivity contribution is 5.85. The first-order valence-electron chi connectivity index (χ1n) is 3.29. The molecule has 58 valence electrons. The summed E-state index contributed by atoms with van der Waals surface area (Å²) in [7, 11) is 0. The third kappa shape index (κ3) is 1.76. The Bertz CT molecular complexity index is 120. The zero-order valence-corrected chi connectivity index (χ0v) is 5.67. The van der Waals surface area contributed by atoms with E-state index in [1.807, 2.05) is 0 Å². The summed E-state index contributed by atoms with van der Waals surface area (Å²) in [6.07, 6.45) is 0. The number of hydrogen-bond donors (Lipinski definition) is 2. The average Bonchev–Trinajstić information content (AvgIpc) is 2.05. The molecule has 10 heavy (non-hydrogen) atoms. The van der Waals surface area contributed by atoms with E-state index in [1.165, 1.54) is 0 Å². The van der Waals surface area contributed by atoms with Crippen molar-refractivity contribution in [2.75, 3.05) is 26.4 Å². The lowest BCUT2D eigenvalue weighted by molar-refractivity contribution is -0.126. The maximum absolute atomic E-state index is 10.8. The highest BCUT2D eigenvalue weighted by atomic mass is 16.5. The van der Waals surface area contributed by atoms with Gasteiger partial charge in [0.15, 0.2) is 5.78 Å². The predicted molar refractivity (Wildman–Crippen MR) is 34.7 cm³/mol. The van der Waals surface area contributed by atoms with Crippen molar-refractivity contribution in [1.82, 2.24) is 5.32 Å². The van der Waals surface area contributed by atoms with E-state index in [0.717, 1.165) is 0 Å². The molecule has 4 heteroatoms. The van der Waals surface area contributed by atoms with E-state index in [0.29, 0.717) is 19.8 Å². The molecule has 1 rings (SSSR count). The molecule has 0 aromatic rings. The lowest BCUT2D eigenvalue weighted by atomic mass is 10.2. The van der Waals surface area contributed by atoms with E-state index in [-0.39, 0.29) is 11.8 Å². The number of hydrogen-bond acceptors (Lipinski definition) is 4. The number of carbonyl (C=O) groups is 1. The largest absolute Gasteiger partial charge is 0.389 e. The van der Waals surface area contributed by atoms with E-state index in [2.05, 4.69) is 5.32 Å². The molecule has 1 unspecified atom stereocenters. The molecule has 0 spiro atoms. The van der Waals surface area contributed by atoms with Gasteiger partial charge in [-0.15, -0.1) is 0 Å². The molecule has 1 fully saturated rings. The quantitative estimate of drug-likeness (QED) is 0.498. The molecule has 1 aliphatic rings. The Labute approximate surface area is 59.2 Å². The molecule has 0 aliphatic carbocycles.